The summed E-state index contributed by atoms with van der Waals surface area (Å²) in [7, 11) is 0. The molecule has 0 bridgehead atoms. The third-order valence-corrected chi connectivity index (χ3v) is 5.39. The molecule has 0 radical (unpaired) electrons. The summed E-state index contributed by atoms with van der Waals surface area (Å²) in [6, 6.07) is 9.59. The van der Waals surface area contributed by atoms with Gasteiger partial charge in [0.15, 0.2) is 0 Å². The van der Waals surface area contributed by atoms with Gasteiger partial charge in [0.1, 0.15) is 0 Å². The van der Waals surface area contributed by atoms with E-state index < -0.39 is 0 Å². The maximum atomic E-state index is 12.8. The van der Waals surface area contributed by atoms with Crippen LogP contribution in [0.3, 0.4) is 0 Å². The van der Waals surface area contributed by atoms with Crippen LogP contribution in [0.2, 0.25) is 0 Å². The second-order valence-electron chi connectivity index (χ2n) is 7.24. The van der Waals surface area contributed by atoms with E-state index in [1.54, 1.807) is 27.6 Å². The first-order chi connectivity index (χ1) is 14.2. The average Bonchev–Trinajstić information content (AvgIpc) is 3.04. The molecular weight excluding hydrogens is 368 g/mol. The second-order valence-corrected chi connectivity index (χ2v) is 7.24. The first kappa shape index (κ1) is 19.2. The molecule has 8 heteroatoms. The number of anilines is 1. The summed E-state index contributed by atoms with van der Waals surface area (Å²) in [6.45, 7) is 5.85. The zero-order chi connectivity index (χ0) is 20.2. The number of hydrogen-bond donors (Lipinski definition) is 0. The molecule has 1 aromatic carbocycles. The van der Waals surface area contributed by atoms with Crippen molar-refractivity contribution >= 4 is 22.9 Å². The van der Waals surface area contributed by atoms with Gasteiger partial charge in [-0.1, -0.05) is 19.1 Å². The van der Waals surface area contributed by atoms with Crippen LogP contribution < -0.4 is 10.6 Å². The molecule has 2 aromatic heterocycles. The zero-order valence-electron chi connectivity index (χ0n) is 16.7. The first-order valence-corrected chi connectivity index (χ1v) is 10.2. The Labute approximate surface area is 169 Å². The van der Waals surface area contributed by atoms with Gasteiger partial charge in [0.25, 0.3) is 0 Å². The molecule has 0 N–H and O–H groups in total. The molecule has 1 saturated heterocycles. The van der Waals surface area contributed by atoms with E-state index in [-0.39, 0.29) is 11.6 Å². The van der Waals surface area contributed by atoms with Gasteiger partial charge in [-0.25, -0.2) is 14.8 Å². The average molecular weight is 394 g/mol. The predicted octanol–water partition coefficient (Wildman–Crippen LogP) is 1.74. The van der Waals surface area contributed by atoms with Crippen molar-refractivity contribution < 1.29 is 4.79 Å². The fourth-order valence-electron chi connectivity index (χ4n) is 3.90. The minimum Gasteiger partial charge on any atom is -0.339 e. The number of fused-ring (bicyclic) bond motifs is 1. The molecule has 1 aliphatic heterocycles. The summed E-state index contributed by atoms with van der Waals surface area (Å²) in [5.74, 6) is 0.785. The van der Waals surface area contributed by atoms with Crippen molar-refractivity contribution in [2.45, 2.75) is 32.9 Å². The van der Waals surface area contributed by atoms with Crippen molar-refractivity contribution in [2.24, 2.45) is 0 Å². The minimum absolute atomic E-state index is 0.0353. The van der Waals surface area contributed by atoms with E-state index in [2.05, 4.69) is 21.8 Å². The molecule has 0 saturated carbocycles. The van der Waals surface area contributed by atoms with Gasteiger partial charge in [-0.3, -0.25) is 13.9 Å². The number of nitrogens with zero attached hydrogens (tertiary/aromatic N) is 6. The maximum Gasteiger partial charge on any atom is 0.329 e. The first-order valence-electron chi connectivity index (χ1n) is 10.2. The number of rotatable bonds is 6. The summed E-state index contributed by atoms with van der Waals surface area (Å²) in [6.07, 6.45) is 4.67. The van der Waals surface area contributed by atoms with Crippen molar-refractivity contribution in [1.29, 1.82) is 0 Å². The highest BCUT2D eigenvalue weighted by atomic mass is 16.2. The SMILES string of the molecule is CCCn1c(=O)n(CCC(=O)N2CCN(c3ncccn3)CC2)c2ccccc21. The van der Waals surface area contributed by atoms with Crippen molar-refractivity contribution in [1.82, 2.24) is 24.0 Å². The Balaban J connectivity index is 1.41. The van der Waals surface area contributed by atoms with Crippen LogP contribution >= 0.6 is 0 Å². The molecule has 1 amide bonds. The smallest absolute Gasteiger partial charge is 0.329 e. The number of aryl methyl sites for hydroxylation is 2. The van der Waals surface area contributed by atoms with Gasteiger partial charge in [0.2, 0.25) is 11.9 Å². The van der Waals surface area contributed by atoms with E-state index in [0.717, 1.165) is 17.5 Å². The predicted molar refractivity (Wildman–Crippen MR) is 112 cm³/mol. The van der Waals surface area contributed by atoms with Crippen LogP contribution in [0.1, 0.15) is 19.8 Å². The van der Waals surface area contributed by atoms with Crippen LogP contribution in [0.15, 0.2) is 47.5 Å². The van der Waals surface area contributed by atoms with Crippen LogP contribution in [0.25, 0.3) is 11.0 Å². The van der Waals surface area contributed by atoms with Gasteiger partial charge < -0.3 is 9.80 Å². The molecule has 0 spiro atoms. The Bertz CT molecular complexity index is 1030. The van der Waals surface area contributed by atoms with Crippen LogP contribution in [0, 0.1) is 0 Å². The summed E-state index contributed by atoms with van der Waals surface area (Å²) in [4.78, 5) is 38.1. The van der Waals surface area contributed by atoms with Crippen molar-refractivity contribution in [3.63, 3.8) is 0 Å². The lowest BCUT2D eigenvalue weighted by molar-refractivity contribution is -0.131. The van der Waals surface area contributed by atoms with E-state index in [0.29, 0.717) is 51.6 Å². The van der Waals surface area contributed by atoms with E-state index in [4.69, 9.17) is 0 Å². The Morgan fingerprint density at radius 2 is 1.55 bits per heavy atom. The lowest BCUT2D eigenvalue weighted by atomic mass is 10.2. The number of hydrogen-bond acceptors (Lipinski definition) is 5. The van der Waals surface area contributed by atoms with Crippen LogP contribution in [0.4, 0.5) is 5.95 Å². The standard InChI is InChI=1S/C21H26N6O2/c1-2-11-26-17-6-3-4-7-18(17)27(21(26)29)12-8-19(28)24-13-15-25(16-14-24)20-22-9-5-10-23-20/h3-7,9-10H,2,8,11-16H2,1H3. The Morgan fingerprint density at radius 3 is 2.17 bits per heavy atom. The number of benzene rings is 1. The monoisotopic (exact) mass is 394 g/mol. The Kier molecular flexibility index (Phi) is 5.59. The number of piperazine rings is 1. The minimum atomic E-state index is -0.0353. The van der Waals surface area contributed by atoms with E-state index in [9.17, 15) is 9.59 Å². The maximum absolute atomic E-state index is 12.8. The summed E-state index contributed by atoms with van der Waals surface area (Å²) in [5.41, 5.74) is 1.79. The normalized spacial score (nSPS) is 14.5. The molecule has 3 heterocycles. The van der Waals surface area contributed by atoms with Crippen LogP contribution in [0.5, 0.6) is 0 Å². The third kappa shape index (κ3) is 3.87. The fraction of sp³-hybridized carbons (Fsp3) is 0.429. The fourth-order valence-corrected chi connectivity index (χ4v) is 3.90. The molecule has 0 atom stereocenters. The third-order valence-electron chi connectivity index (χ3n) is 5.39. The number of aromatic nitrogens is 4. The number of amides is 1. The zero-order valence-corrected chi connectivity index (χ0v) is 16.7. The lowest BCUT2D eigenvalue weighted by Gasteiger charge is -2.34. The topological polar surface area (TPSA) is 76.3 Å². The largest absolute Gasteiger partial charge is 0.339 e. The molecule has 29 heavy (non-hydrogen) atoms. The highest BCUT2D eigenvalue weighted by Crippen LogP contribution is 2.15. The van der Waals surface area contributed by atoms with Gasteiger partial charge >= 0.3 is 5.69 Å². The summed E-state index contributed by atoms with van der Waals surface area (Å²) >= 11 is 0. The molecule has 0 unspecified atom stereocenters. The van der Waals surface area contributed by atoms with E-state index in [1.807, 2.05) is 29.2 Å². The van der Waals surface area contributed by atoms with Gasteiger partial charge in [0.05, 0.1) is 11.0 Å². The number of carbonyl (C=O) groups excluding carboxylic acids is 1. The molecular formula is C21H26N6O2. The van der Waals surface area contributed by atoms with Gasteiger partial charge in [-0.2, -0.15) is 0 Å². The number of imidazole rings is 1. The quantitative estimate of drug-likeness (QED) is 0.637. The molecule has 4 rings (SSSR count). The molecule has 8 nitrogen and oxygen atoms in total. The van der Waals surface area contributed by atoms with E-state index in [1.165, 1.54) is 0 Å². The van der Waals surface area contributed by atoms with Crippen LogP contribution in [-0.2, 0) is 17.9 Å². The van der Waals surface area contributed by atoms with Crippen molar-refractivity contribution in [3.8, 4) is 0 Å². The highest BCUT2D eigenvalue weighted by molar-refractivity contribution is 5.78. The van der Waals surface area contributed by atoms with Crippen molar-refractivity contribution in [2.75, 3.05) is 31.1 Å². The van der Waals surface area contributed by atoms with Crippen LogP contribution in [-0.4, -0.2) is 56.1 Å². The highest BCUT2D eigenvalue weighted by Gasteiger charge is 2.23. The number of para-hydroxylation sites is 2. The van der Waals surface area contributed by atoms with Gasteiger partial charge in [-0.15, -0.1) is 0 Å². The summed E-state index contributed by atoms with van der Waals surface area (Å²) < 4.78 is 3.54. The molecule has 1 aliphatic rings. The lowest BCUT2D eigenvalue weighted by Crippen LogP contribution is -2.49. The van der Waals surface area contributed by atoms with Gasteiger partial charge in [0, 0.05) is 58.1 Å². The molecule has 152 valence electrons. The van der Waals surface area contributed by atoms with E-state index >= 15 is 0 Å². The Hall–Kier alpha value is -3.16. The summed E-state index contributed by atoms with van der Waals surface area (Å²) in [5, 5.41) is 0. The molecule has 1 fully saturated rings. The molecule has 0 aliphatic carbocycles. The van der Waals surface area contributed by atoms with Gasteiger partial charge in [-0.05, 0) is 24.6 Å². The van der Waals surface area contributed by atoms with Crippen molar-refractivity contribution in [3.05, 3.63) is 53.2 Å². The number of carbonyl (C=O) groups is 1. The Morgan fingerprint density at radius 1 is 0.931 bits per heavy atom. The second kappa shape index (κ2) is 8.46. The molecule has 3 aromatic rings.